The van der Waals surface area contributed by atoms with Crippen LogP contribution in [0.3, 0.4) is 0 Å². The van der Waals surface area contributed by atoms with Gasteiger partial charge in [-0.3, -0.25) is 4.79 Å². The summed E-state index contributed by atoms with van der Waals surface area (Å²) in [5.41, 5.74) is -1.02. The predicted molar refractivity (Wildman–Crippen MR) is 137 cm³/mol. The molecule has 0 bridgehead atoms. The fourth-order valence-electron chi connectivity index (χ4n) is 9.18. The Morgan fingerprint density at radius 2 is 1.78 bits per heavy atom. The van der Waals surface area contributed by atoms with Crippen molar-refractivity contribution in [2.75, 3.05) is 0 Å². The minimum Gasteiger partial charge on any atom is -0.381 e. The topological polar surface area (TPSA) is 37.3 Å². The highest BCUT2D eigenvalue weighted by molar-refractivity contribution is 9.09. The van der Waals surface area contributed by atoms with Crippen LogP contribution in [0.25, 0.3) is 0 Å². The number of halogens is 1. The van der Waals surface area contributed by atoms with Gasteiger partial charge in [0.2, 0.25) is 0 Å². The largest absolute Gasteiger partial charge is 0.381 e. The van der Waals surface area contributed by atoms with E-state index in [2.05, 4.69) is 69.6 Å². The van der Waals surface area contributed by atoms with E-state index in [9.17, 15) is 9.90 Å². The van der Waals surface area contributed by atoms with Crippen molar-refractivity contribution < 1.29 is 9.90 Å². The second kappa shape index (κ2) is 8.81. The molecule has 0 aromatic carbocycles. The smallest absolute Gasteiger partial charge is 0.165 e. The van der Waals surface area contributed by atoms with Gasteiger partial charge in [0.1, 0.15) is 5.60 Å². The molecule has 4 fully saturated rings. The van der Waals surface area contributed by atoms with Gasteiger partial charge in [0.25, 0.3) is 0 Å². The molecule has 0 aromatic heterocycles. The van der Waals surface area contributed by atoms with Crippen molar-refractivity contribution in [3.8, 4) is 0 Å². The Bertz CT molecular complexity index is 745. The second-order valence-electron chi connectivity index (χ2n) is 12.9. The van der Waals surface area contributed by atoms with E-state index in [0.717, 1.165) is 18.8 Å². The molecule has 10 atom stereocenters. The maximum atomic E-state index is 13.5. The number of alkyl halides is 1. The summed E-state index contributed by atoms with van der Waals surface area (Å²) in [5.74, 6) is 4.46. The monoisotopic (exact) mass is 506 g/mol. The van der Waals surface area contributed by atoms with E-state index in [1.807, 2.05) is 0 Å². The second-order valence-corrected chi connectivity index (χ2v) is 14.2. The van der Waals surface area contributed by atoms with Crippen molar-refractivity contribution >= 4 is 21.7 Å². The molecule has 0 radical (unpaired) electrons. The number of carbonyl (C=O) groups is 1. The average molecular weight is 508 g/mol. The highest BCUT2D eigenvalue weighted by Gasteiger charge is 2.67. The summed E-state index contributed by atoms with van der Waals surface area (Å²) in [5, 5.41) is 11.7. The molecule has 0 amide bonds. The van der Waals surface area contributed by atoms with Crippen molar-refractivity contribution in [2.45, 2.75) is 110 Å². The summed E-state index contributed by atoms with van der Waals surface area (Å²) < 4.78 is 0. The molecule has 0 heterocycles. The zero-order valence-corrected chi connectivity index (χ0v) is 23.0. The van der Waals surface area contributed by atoms with E-state index < -0.39 is 5.60 Å². The molecule has 182 valence electrons. The molecule has 4 rings (SSSR count). The number of aliphatic hydroxyl groups is 1. The highest BCUT2D eigenvalue weighted by atomic mass is 79.9. The molecule has 0 aromatic rings. The zero-order chi connectivity index (χ0) is 23.5. The van der Waals surface area contributed by atoms with Gasteiger partial charge in [-0.25, -0.2) is 0 Å². The number of carbonyl (C=O) groups excluding carboxylic acids is 1. The third-order valence-electron chi connectivity index (χ3n) is 11.3. The number of fused-ring (bicyclic) bond motifs is 5. The number of allylic oxidation sites excluding steroid dienone is 2. The highest BCUT2D eigenvalue weighted by Crippen LogP contribution is 2.68. The first-order valence-electron chi connectivity index (χ1n) is 13.6. The van der Waals surface area contributed by atoms with Crippen molar-refractivity contribution in [2.24, 2.45) is 52.3 Å². The standard InChI is InChI=1S/C29H47BrO2/c1-7-20(18(2)3)9-8-19(4)23-10-11-24-22-16-26(31)29(32)17-21(30)12-15-28(29,6)25(22)13-14-27(23,24)5/h8-9,18-25,32H,7,10-17H2,1-6H3/b9-8+/t19-,20-,21+,22+,23-,24+,25+,27-,28-,29+/m1/s1. The Kier molecular flexibility index (Phi) is 6.87. The lowest BCUT2D eigenvalue weighted by molar-refractivity contribution is -0.202. The van der Waals surface area contributed by atoms with Crippen molar-refractivity contribution in [1.82, 2.24) is 0 Å². The van der Waals surface area contributed by atoms with Gasteiger partial charge in [-0.2, -0.15) is 0 Å². The fourth-order valence-corrected chi connectivity index (χ4v) is 9.87. The van der Waals surface area contributed by atoms with Gasteiger partial charge in [-0.05, 0) is 98.2 Å². The van der Waals surface area contributed by atoms with E-state index in [1.54, 1.807) is 0 Å². The van der Waals surface area contributed by atoms with Gasteiger partial charge in [0.15, 0.2) is 5.78 Å². The molecule has 1 N–H and O–H groups in total. The molecule has 2 nitrogen and oxygen atoms in total. The lowest BCUT2D eigenvalue weighted by Crippen LogP contribution is -2.66. The summed E-state index contributed by atoms with van der Waals surface area (Å²) in [7, 11) is 0. The minimum atomic E-state index is -1.12. The van der Waals surface area contributed by atoms with Crippen LogP contribution in [0.4, 0.5) is 0 Å². The molecule has 0 spiro atoms. The number of rotatable bonds is 5. The number of hydrogen-bond acceptors (Lipinski definition) is 2. The molecule has 4 aliphatic carbocycles. The maximum absolute atomic E-state index is 13.5. The average Bonchev–Trinajstić information content (AvgIpc) is 3.08. The van der Waals surface area contributed by atoms with Gasteiger partial charge in [0.05, 0.1) is 0 Å². The molecular formula is C29H47BrO2. The Balaban J connectivity index is 1.56. The summed E-state index contributed by atoms with van der Waals surface area (Å²) in [6.07, 6.45) is 14.5. The van der Waals surface area contributed by atoms with Crippen LogP contribution in [0.15, 0.2) is 12.2 Å². The third kappa shape index (κ3) is 3.71. The van der Waals surface area contributed by atoms with Crippen LogP contribution < -0.4 is 0 Å². The molecule has 32 heavy (non-hydrogen) atoms. The first kappa shape index (κ1) is 25.0. The van der Waals surface area contributed by atoms with Crippen LogP contribution in [0.5, 0.6) is 0 Å². The minimum absolute atomic E-state index is 0.147. The SMILES string of the molecule is CC[C@H](/C=C/[C@@H](C)[C@H]1CC[C@H]2[C@@H]3CC(=O)[C@@]4(O)C[C@@H](Br)CC[C@]4(C)[C@H]3CC[C@]12C)C(C)C. The molecule has 4 aliphatic rings. The Morgan fingerprint density at radius 1 is 1.06 bits per heavy atom. The van der Waals surface area contributed by atoms with Crippen LogP contribution in [-0.4, -0.2) is 21.3 Å². The molecule has 4 saturated carbocycles. The molecule has 0 aliphatic heterocycles. The van der Waals surface area contributed by atoms with Gasteiger partial charge >= 0.3 is 0 Å². The fraction of sp³-hybridized carbons (Fsp3) is 0.897. The van der Waals surface area contributed by atoms with Crippen LogP contribution in [0.2, 0.25) is 0 Å². The van der Waals surface area contributed by atoms with Crippen LogP contribution in [0.1, 0.15) is 99.3 Å². The van der Waals surface area contributed by atoms with Crippen molar-refractivity contribution in [3.63, 3.8) is 0 Å². The Labute approximate surface area is 205 Å². The van der Waals surface area contributed by atoms with Crippen molar-refractivity contribution in [3.05, 3.63) is 12.2 Å². The van der Waals surface area contributed by atoms with Crippen LogP contribution in [-0.2, 0) is 4.79 Å². The molecule has 3 heteroatoms. The van der Waals surface area contributed by atoms with E-state index in [-0.39, 0.29) is 16.0 Å². The van der Waals surface area contributed by atoms with E-state index >= 15 is 0 Å². The lowest BCUT2D eigenvalue weighted by Gasteiger charge is -2.63. The zero-order valence-electron chi connectivity index (χ0n) is 21.4. The molecule has 0 saturated heterocycles. The maximum Gasteiger partial charge on any atom is 0.165 e. The molecule has 0 unspecified atom stereocenters. The summed E-state index contributed by atoms with van der Waals surface area (Å²) in [6.45, 7) is 14.2. The quantitative estimate of drug-likeness (QED) is 0.308. The van der Waals surface area contributed by atoms with Crippen molar-refractivity contribution in [1.29, 1.82) is 0 Å². The molecular weight excluding hydrogens is 460 g/mol. The van der Waals surface area contributed by atoms with Gasteiger partial charge < -0.3 is 5.11 Å². The summed E-state index contributed by atoms with van der Waals surface area (Å²) in [6, 6.07) is 0. The van der Waals surface area contributed by atoms with Gasteiger partial charge in [0, 0.05) is 16.7 Å². The number of ketones is 1. The summed E-state index contributed by atoms with van der Waals surface area (Å²) in [4.78, 5) is 13.7. The third-order valence-corrected chi connectivity index (χ3v) is 12.1. The van der Waals surface area contributed by atoms with E-state index in [0.29, 0.717) is 53.8 Å². The lowest BCUT2D eigenvalue weighted by atomic mass is 9.43. The predicted octanol–water partition coefficient (Wildman–Crippen LogP) is 7.58. The van der Waals surface area contributed by atoms with E-state index in [1.165, 1.54) is 32.1 Å². The summed E-state index contributed by atoms with van der Waals surface area (Å²) >= 11 is 3.72. The van der Waals surface area contributed by atoms with Crippen LogP contribution >= 0.6 is 15.9 Å². The first-order chi connectivity index (χ1) is 15.0. The van der Waals surface area contributed by atoms with E-state index in [4.69, 9.17) is 0 Å². The number of Topliss-reactive ketones (excluding diaryl/α,β-unsaturated/α-hetero) is 1. The van der Waals surface area contributed by atoms with Gasteiger partial charge in [-0.15, -0.1) is 0 Å². The normalized spacial score (nSPS) is 48.4. The number of hydrogen-bond donors (Lipinski definition) is 1. The first-order valence-corrected chi connectivity index (χ1v) is 14.5. The van der Waals surface area contributed by atoms with Gasteiger partial charge in [-0.1, -0.05) is 69.6 Å². The van der Waals surface area contributed by atoms with Crippen LogP contribution in [0, 0.1) is 52.3 Å². The Hall–Kier alpha value is -0.150. The Morgan fingerprint density at radius 3 is 2.44 bits per heavy atom.